The highest BCUT2D eigenvalue weighted by Crippen LogP contribution is 2.10. The Labute approximate surface area is 158 Å². The van der Waals surface area contributed by atoms with Gasteiger partial charge in [-0.05, 0) is 24.1 Å². The van der Waals surface area contributed by atoms with Crippen LogP contribution in [0.1, 0.15) is 51.0 Å². The molecule has 0 spiro atoms. The first-order valence-corrected chi connectivity index (χ1v) is 8.29. The molecule has 0 saturated carbocycles. The van der Waals surface area contributed by atoms with Crippen LogP contribution >= 0.6 is 24.0 Å². The van der Waals surface area contributed by atoms with E-state index in [4.69, 9.17) is 5.73 Å². The summed E-state index contributed by atoms with van der Waals surface area (Å²) in [6, 6.07) is 4.00. The molecular weight excluding hydrogens is 401 g/mol. The lowest BCUT2D eigenvalue weighted by Crippen LogP contribution is -2.32. The van der Waals surface area contributed by atoms with E-state index < -0.39 is 0 Å². The molecule has 1 aromatic rings. The summed E-state index contributed by atoms with van der Waals surface area (Å²) in [5.41, 5.74) is 7.01. The van der Waals surface area contributed by atoms with Gasteiger partial charge >= 0.3 is 0 Å². The van der Waals surface area contributed by atoms with Gasteiger partial charge in [-0.2, -0.15) is 0 Å². The van der Waals surface area contributed by atoms with Gasteiger partial charge < -0.3 is 16.0 Å². The van der Waals surface area contributed by atoms with Crippen molar-refractivity contribution in [1.29, 1.82) is 0 Å². The van der Waals surface area contributed by atoms with E-state index in [-0.39, 0.29) is 24.0 Å². The number of unbranched alkanes of at least 4 members (excludes halogenated alkanes) is 5. The van der Waals surface area contributed by atoms with Gasteiger partial charge in [0.2, 0.25) is 0 Å². The van der Waals surface area contributed by atoms with Crippen LogP contribution in [0.3, 0.4) is 0 Å². The summed E-state index contributed by atoms with van der Waals surface area (Å²) >= 11 is 0. The third-order valence-corrected chi connectivity index (χ3v) is 3.54. The van der Waals surface area contributed by atoms with Crippen molar-refractivity contribution >= 4 is 35.8 Å². The molecule has 0 aliphatic rings. The molecule has 0 atom stereocenters. The van der Waals surface area contributed by atoms with Crippen molar-refractivity contribution in [1.82, 2.24) is 10.3 Å². The number of rotatable bonds is 10. The van der Waals surface area contributed by atoms with Gasteiger partial charge in [-0.3, -0.25) is 0 Å². The van der Waals surface area contributed by atoms with Crippen LogP contribution in [-0.2, 0) is 6.54 Å². The molecule has 1 heterocycles. The number of anilines is 1. The van der Waals surface area contributed by atoms with E-state index in [0.717, 1.165) is 24.3 Å². The van der Waals surface area contributed by atoms with E-state index in [2.05, 4.69) is 22.2 Å². The highest BCUT2D eigenvalue weighted by atomic mass is 127. The van der Waals surface area contributed by atoms with Crippen molar-refractivity contribution in [3.63, 3.8) is 0 Å². The summed E-state index contributed by atoms with van der Waals surface area (Å²) < 4.78 is 0. The highest BCUT2D eigenvalue weighted by Gasteiger charge is 1.99. The minimum atomic E-state index is 0. The number of aromatic nitrogens is 1. The lowest BCUT2D eigenvalue weighted by molar-refractivity contribution is 0.601. The summed E-state index contributed by atoms with van der Waals surface area (Å²) in [5.74, 6) is 1.46. The zero-order valence-corrected chi connectivity index (χ0v) is 17.0. The molecular formula is C17H32IN5. The Bertz CT molecular complexity index is 448. The van der Waals surface area contributed by atoms with Crippen molar-refractivity contribution in [3.05, 3.63) is 23.9 Å². The quantitative estimate of drug-likeness (QED) is 0.257. The fourth-order valence-corrected chi connectivity index (χ4v) is 2.16. The van der Waals surface area contributed by atoms with E-state index in [1.165, 1.54) is 32.1 Å². The molecule has 0 aliphatic carbocycles. The molecule has 0 unspecified atom stereocenters. The molecule has 23 heavy (non-hydrogen) atoms. The number of aliphatic imine (C=N–C) groups is 1. The summed E-state index contributed by atoms with van der Waals surface area (Å²) in [7, 11) is 3.96. The Morgan fingerprint density at radius 3 is 2.61 bits per heavy atom. The van der Waals surface area contributed by atoms with Crippen LogP contribution in [0.4, 0.5) is 5.82 Å². The first-order valence-electron chi connectivity index (χ1n) is 8.29. The average Bonchev–Trinajstić information content (AvgIpc) is 2.52. The third-order valence-electron chi connectivity index (χ3n) is 3.54. The van der Waals surface area contributed by atoms with E-state index in [9.17, 15) is 0 Å². The first kappa shape index (κ1) is 21.9. The maximum atomic E-state index is 5.89. The SMILES string of the molecule is CCCCCCCCNC(N)=NCc1ccnc(N(C)C)c1.I. The van der Waals surface area contributed by atoms with Gasteiger partial charge in [-0.1, -0.05) is 39.0 Å². The standard InChI is InChI=1S/C17H31N5.HI/c1-4-5-6-7-8-9-11-20-17(18)21-14-15-10-12-19-16(13-15)22(2)3;/h10,12-13H,4-9,11,14H2,1-3H3,(H3,18,20,21);1H. The van der Waals surface area contributed by atoms with Gasteiger partial charge in [0.25, 0.3) is 0 Å². The average molecular weight is 433 g/mol. The van der Waals surface area contributed by atoms with Crippen LogP contribution in [0, 0.1) is 0 Å². The smallest absolute Gasteiger partial charge is 0.188 e. The normalized spacial score (nSPS) is 11.0. The lowest BCUT2D eigenvalue weighted by atomic mass is 10.1. The number of pyridine rings is 1. The van der Waals surface area contributed by atoms with Crippen LogP contribution < -0.4 is 16.0 Å². The number of guanidine groups is 1. The number of halogens is 1. The second-order valence-electron chi connectivity index (χ2n) is 5.81. The predicted molar refractivity (Wildman–Crippen MR) is 111 cm³/mol. The van der Waals surface area contributed by atoms with E-state index >= 15 is 0 Å². The molecule has 3 N–H and O–H groups in total. The Hall–Kier alpha value is -1.05. The van der Waals surface area contributed by atoms with Gasteiger partial charge in [0.1, 0.15) is 5.82 Å². The molecule has 0 saturated heterocycles. The van der Waals surface area contributed by atoms with Gasteiger partial charge in [0, 0.05) is 26.8 Å². The monoisotopic (exact) mass is 433 g/mol. The fraction of sp³-hybridized carbons (Fsp3) is 0.647. The molecule has 0 aliphatic heterocycles. The molecule has 5 nitrogen and oxygen atoms in total. The Morgan fingerprint density at radius 1 is 1.22 bits per heavy atom. The Morgan fingerprint density at radius 2 is 1.91 bits per heavy atom. The molecule has 1 rings (SSSR count). The van der Waals surface area contributed by atoms with Crippen molar-refractivity contribution in [2.75, 3.05) is 25.5 Å². The van der Waals surface area contributed by atoms with Gasteiger partial charge in [-0.15, -0.1) is 24.0 Å². The molecule has 0 radical (unpaired) electrons. The lowest BCUT2D eigenvalue weighted by Gasteiger charge is -2.11. The van der Waals surface area contributed by atoms with Crippen LogP contribution in [0.25, 0.3) is 0 Å². The summed E-state index contributed by atoms with van der Waals surface area (Å²) in [5, 5.41) is 3.18. The minimum absolute atomic E-state index is 0. The third kappa shape index (κ3) is 10.4. The Kier molecular flexibility index (Phi) is 12.8. The topological polar surface area (TPSA) is 66.5 Å². The minimum Gasteiger partial charge on any atom is -0.370 e. The summed E-state index contributed by atoms with van der Waals surface area (Å²) in [4.78, 5) is 10.6. The number of nitrogens with zero attached hydrogens (tertiary/aromatic N) is 3. The van der Waals surface area contributed by atoms with Gasteiger partial charge in [0.05, 0.1) is 6.54 Å². The Balaban J connectivity index is 0.00000484. The first-order chi connectivity index (χ1) is 10.6. The number of hydrogen-bond acceptors (Lipinski definition) is 3. The zero-order valence-electron chi connectivity index (χ0n) is 14.7. The van der Waals surface area contributed by atoms with Crippen LogP contribution in [-0.4, -0.2) is 31.6 Å². The largest absolute Gasteiger partial charge is 0.370 e. The predicted octanol–water partition coefficient (Wildman–Crippen LogP) is 3.53. The van der Waals surface area contributed by atoms with Gasteiger partial charge in [-0.25, -0.2) is 9.98 Å². The maximum absolute atomic E-state index is 5.89. The molecule has 0 fully saturated rings. The zero-order chi connectivity index (χ0) is 16.2. The summed E-state index contributed by atoms with van der Waals surface area (Å²) in [6.45, 7) is 3.72. The van der Waals surface area contributed by atoms with Crippen molar-refractivity contribution in [2.45, 2.75) is 52.0 Å². The molecule has 1 aromatic heterocycles. The fourth-order valence-electron chi connectivity index (χ4n) is 2.16. The summed E-state index contributed by atoms with van der Waals surface area (Å²) in [6.07, 6.45) is 9.52. The number of nitrogens with one attached hydrogen (secondary N) is 1. The van der Waals surface area contributed by atoms with Crippen molar-refractivity contribution in [3.8, 4) is 0 Å². The van der Waals surface area contributed by atoms with E-state index in [0.29, 0.717) is 12.5 Å². The molecule has 0 amide bonds. The second kappa shape index (κ2) is 13.4. The van der Waals surface area contributed by atoms with Crippen molar-refractivity contribution in [2.24, 2.45) is 10.7 Å². The molecule has 0 aromatic carbocycles. The number of hydrogen-bond donors (Lipinski definition) is 2. The van der Waals surface area contributed by atoms with Crippen LogP contribution in [0.5, 0.6) is 0 Å². The molecule has 6 heteroatoms. The van der Waals surface area contributed by atoms with E-state index in [1.54, 1.807) is 6.20 Å². The van der Waals surface area contributed by atoms with Crippen molar-refractivity contribution < 1.29 is 0 Å². The molecule has 0 bridgehead atoms. The molecule has 132 valence electrons. The number of nitrogens with two attached hydrogens (primary N) is 1. The van der Waals surface area contributed by atoms with Gasteiger partial charge in [0.15, 0.2) is 5.96 Å². The second-order valence-corrected chi connectivity index (χ2v) is 5.81. The van der Waals surface area contributed by atoms with E-state index in [1.807, 2.05) is 31.1 Å². The highest BCUT2D eigenvalue weighted by molar-refractivity contribution is 14.0. The van der Waals surface area contributed by atoms with Crippen LogP contribution in [0.2, 0.25) is 0 Å². The maximum Gasteiger partial charge on any atom is 0.188 e. The van der Waals surface area contributed by atoms with Crippen LogP contribution in [0.15, 0.2) is 23.3 Å².